The van der Waals surface area contributed by atoms with Gasteiger partial charge in [-0.1, -0.05) is 18.2 Å². The predicted molar refractivity (Wildman–Crippen MR) is 100 cm³/mol. The van der Waals surface area contributed by atoms with E-state index in [1.165, 1.54) is 0 Å². The molecule has 0 bridgehead atoms. The maximum atomic E-state index is 12.3. The van der Waals surface area contributed by atoms with Crippen molar-refractivity contribution in [2.45, 2.75) is 6.54 Å². The van der Waals surface area contributed by atoms with Crippen LogP contribution in [0, 0.1) is 0 Å². The van der Waals surface area contributed by atoms with E-state index in [4.69, 9.17) is 4.42 Å². The lowest BCUT2D eigenvalue weighted by molar-refractivity contribution is 0.0948. The van der Waals surface area contributed by atoms with Crippen LogP contribution in [-0.4, -0.2) is 27.2 Å². The molecule has 4 rings (SSSR count). The summed E-state index contributed by atoms with van der Waals surface area (Å²) < 4.78 is 6.93. The first-order chi connectivity index (χ1) is 13.2. The van der Waals surface area contributed by atoms with E-state index in [2.05, 4.69) is 15.4 Å². The highest BCUT2D eigenvalue weighted by molar-refractivity contribution is 5.96. The van der Waals surface area contributed by atoms with Crippen molar-refractivity contribution in [3.63, 3.8) is 0 Å². The molecule has 0 aliphatic carbocycles. The first-order valence-electron chi connectivity index (χ1n) is 8.46. The van der Waals surface area contributed by atoms with Crippen LogP contribution in [0.3, 0.4) is 0 Å². The van der Waals surface area contributed by atoms with E-state index in [-0.39, 0.29) is 5.56 Å². The minimum absolute atomic E-state index is 0.00774. The van der Waals surface area contributed by atoms with Gasteiger partial charge in [0.25, 0.3) is 5.91 Å². The number of pyridine rings is 1. The molecule has 0 fully saturated rings. The van der Waals surface area contributed by atoms with Crippen molar-refractivity contribution in [2.24, 2.45) is 0 Å². The van der Waals surface area contributed by atoms with Gasteiger partial charge in [0.1, 0.15) is 11.1 Å². The van der Waals surface area contributed by atoms with Gasteiger partial charge in [0, 0.05) is 36.1 Å². The highest BCUT2D eigenvalue weighted by Gasteiger charge is 2.13. The van der Waals surface area contributed by atoms with Gasteiger partial charge in [0.05, 0.1) is 12.2 Å². The smallest absolute Gasteiger partial charge is 0.349 e. The van der Waals surface area contributed by atoms with Gasteiger partial charge < -0.3 is 9.73 Å². The number of nitrogens with one attached hydrogen (secondary N) is 1. The summed E-state index contributed by atoms with van der Waals surface area (Å²) >= 11 is 0. The minimum Gasteiger partial charge on any atom is -0.422 e. The van der Waals surface area contributed by atoms with Crippen LogP contribution in [-0.2, 0) is 6.54 Å². The molecule has 0 spiro atoms. The third kappa shape index (κ3) is 3.62. The zero-order valence-corrected chi connectivity index (χ0v) is 14.3. The molecule has 4 aromatic rings. The van der Waals surface area contributed by atoms with E-state index in [9.17, 15) is 9.59 Å². The van der Waals surface area contributed by atoms with Crippen LogP contribution in [0.15, 0.2) is 76.3 Å². The third-order valence-corrected chi connectivity index (χ3v) is 4.13. The number of carbonyl (C=O) groups is 1. The van der Waals surface area contributed by atoms with E-state index >= 15 is 0 Å². The second kappa shape index (κ2) is 7.25. The maximum absolute atomic E-state index is 12.3. The molecule has 0 aliphatic rings. The first-order valence-corrected chi connectivity index (χ1v) is 8.46. The second-order valence-electron chi connectivity index (χ2n) is 5.94. The van der Waals surface area contributed by atoms with Gasteiger partial charge in [-0.05, 0) is 30.3 Å². The Morgan fingerprint density at radius 1 is 1.11 bits per heavy atom. The van der Waals surface area contributed by atoms with Crippen molar-refractivity contribution in [3.8, 4) is 11.3 Å². The van der Waals surface area contributed by atoms with Crippen LogP contribution in [0.4, 0.5) is 0 Å². The number of amides is 1. The Kier molecular flexibility index (Phi) is 4.49. The Morgan fingerprint density at radius 3 is 2.78 bits per heavy atom. The number of rotatable bonds is 5. The molecule has 0 saturated heterocycles. The maximum Gasteiger partial charge on any atom is 0.349 e. The predicted octanol–water partition coefficient (Wildman–Crippen LogP) is 2.48. The summed E-state index contributed by atoms with van der Waals surface area (Å²) in [6.07, 6.45) is 5.26. The second-order valence-corrected chi connectivity index (χ2v) is 5.94. The average Bonchev–Trinajstić information content (AvgIpc) is 3.17. The number of aromatic nitrogens is 3. The number of carbonyl (C=O) groups excluding carboxylic acids is 1. The summed E-state index contributed by atoms with van der Waals surface area (Å²) in [7, 11) is 0. The Morgan fingerprint density at radius 2 is 1.93 bits per heavy atom. The third-order valence-electron chi connectivity index (χ3n) is 4.13. The fourth-order valence-electron chi connectivity index (χ4n) is 2.76. The summed E-state index contributed by atoms with van der Waals surface area (Å²) in [4.78, 5) is 28.3. The quantitative estimate of drug-likeness (QED) is 0.552. The SMILES string of the molecule is O=C(NCCn1ccc(-c2ccncc2)n1)c1cc2ccccc2oc1=O. The van der Waals surface area contributed by atoms with Gasteiger partial charge in [-0.25, -0.2) is 4.79 Å². The summed E-state index contributed by atoms with van der Waals surface area (Å²) in [6.45, 7) is 0.818. The molecule has 7 heteroatoms. The number of hydrogen-bond acceptors (Lipinski definition) is 5. The van der Waals surface area contributed by atoms with Crippen molar-refractivity contribution in [3.05, 3.63) is 83.1 Å². The molecule has 27 heavy (non-hydrogen) atoms. The first kappa shape index (κ1) is 16.7. The number of hydrogen-bond donors (Lipinski definition) is 1. The molecular weight excluding hydrogens is 344 g/mol. The summed E-state index contributed by atoms with van der Waals surface area (Å²) in [6, 6.07) is 14.3. The summed E-state index contributed by atoms with van der Waals surface area (Å²) in [5.74, 6) is -0.462. The van der Waals surface area contributed by atoms with Crippen LogP contribution < -0.4 is 10.9 Å². The van der Waals surface area contributed by atoms with Gasteiger partial charge >= 0.3 is 5.63 Å². The molecule has 1 aromatic carbocycles. The molecule has 0 saturated carbocycles. The minimum atomic E-state index is -0.648. The Balaban J connectivity index is 1.41. The van der Waals surface area contributed by atoms with E-state index in [0.717, 1.165) is 11.3 Å². The molecule has 0 unspecified atom stereocenters. The zero-order chi connectivity index (χ0) is 18.6. The Labute approximate surface area is 154 Å². The number of para-hydroxylation sites is 1. The van der Waals surface area contributed by atoms with Crippen molar-refractivity contribution in [1.29, 1.82) is 0 Å². The molecular formula is C20H16N4O3. The Hall–Kier alpha value is -3.74. The lowest BCUT2D eigenvalue weighted by Crippen LogP contribution is -2.31. The molecule has 0 radical (unpaired) electrons. The monoisotopic (exact) mass is 360 g/mol. The van der Waals surface area contributed by atoms with Crippen molar-refractivity contribution in [2.75, 3.05) is 6.54 Å². The highest BCUT2D eigenvalue weighted by Crippen LogP contribution is 2.15. The number of fused-ring (bicyclic) bond motifs is 1. The van der Waals surface area contributed by atoms with Crippen LogP contribution in [0.1, 0.15) is 10.4 Å². The lowest BCUT2D eigenvalue weighted by atomic mass is 10.2. The van der Waals surface area contributed by atoms with Gasteiger partial charge in [0.15, 0.2) is 0 Å². The molecule has 3 aromatic heterocycles. The van der Waals surface area contributed by atoms with Gasteiger partial charge in [-0.3, -0.25) is 14.5 Å². The van der Waals surface area contributed by atoms with Gasteiger partial charge in [-0.15, -0.1) is 0 Å². The van der Waals surface area contributed by atoms with Crippen LogP contribution in [0.2, 0.25) is 0 Å². The summed E-state index contributed by atoms with van der Waals surface area (Å²) in [5.41, 5.74) is 1.61. The standard InChI is InChI=1S/C20H16N4O3/c25-19(16-13-15-3-1-2-4-18(15)27-20(16)26)22-10-12-24-11-7-17(23-24)14-5-8-21-9-6-14/h1-9,11,13H,10,12H2,(H,22,25). The van der Waals surface area contributed by atoms with Crippen LogP contribution >= 0.6 is 0 Å². The molecule has 0 aliphatic heterocycles. The molecule has 1 N–H and O–H groups in total. The number of nitrogens with zero attached hydrogens (tertiary/aromatic N) is 3. The van der Waals surface area contributed by atoms with E-state index in [1.54, 1.807) is 41.3 Å². The normalized spacial score (nSPS) is 10.8. The lowest BCUT2D eigenvalue weighted by Gasteiger charge is -2.05. The average molecular weight is 360 g/mol. The fraction of sp³-hybridized carbons (Fsp3) is 0.100. The van der Waals surface area contributed by atoms with Crippen molar-refractivity contribution < 1.29 is 9.21 Å². The molecule has 0 atom stereocenters. The van der Waals surface area contributed by atoms with Gasteiger partial charge in [-0.2, -0.15) is 5.10 Å². The van der Waals surface area contributed by atoms with Gasteiger partial charge in [0.2, 0.25) is 0 Å². The molecule has 7 nitrogen and oxygen atoms in total. The van der Waals surface area contributed by atoms with Crippen LogP contribution in [0.25, 0.3) is 22.2 Å². The van der Waals surface area contributed by atoms with Crippen LogP contribution in [0.5, 0.6) is 0 Å². The number of benzene rings is 1. The highest BCUT2D eigenvalue weighted by atomic mass is 16.4. The fourth-order valence-corrected chi connectivity index (χ4v) is 2.76. The molecule has 134 valence electrons. The summed E-state index contributed by atoms with van der Waals surface area (Å²) in [5, 5.41) is 7.90. The van der Waals surface area contributed by atoms with E-state index < -0.39 is 11.5 Å². The topological polar surface area (TPSA) is 90.0 Å². The molecule has 3 heterocycles. The Bertz CT molecular complexity index is 1150. The van der Waals surface area contributed by atoms with E-state index in [0.29, 0.717) is 24.1 Å². The largest absolute Gasteiger partial charge is 0.422 e. The zero-order valence-electron chi connectivity index (χ0n) is 14.3. The van der Waals surface area contributed by atoms with Crippen molar-refractivity contribution in [1.82, 2.24) is 20.1 Å². The van der Waals surface area contributed by atoms with Crippen molar-refractivity contribution >= 4 is 16.9 Å². The van der Waals surface area contributed by atoms with E-state index in [1.807, 2.05) is 30.5 Å². The molecule has 1 amide bonds.